The van der Waals surface area contributed by atoms with Crippen molar-refractivity contribution < 1.29 is 10.2 Å². The Bertz CT molecular complexity index is 879. The van der Waals surface area contributed by atoms with Crippen LogP contribution in [-0.4, -0.2) is 61.9 Å². The predicted octanol–water partition coefficient (Wildman–Crippen LogP) is 4.86. The van der Waals surface area contributed by atoms with Crippen LogP contribution in [0.3, 0.4) is 0 Å². The molecule has 2 atom stereocenters. The Morgan fingerprint density at radius 1 is 0.781 bits per heavy atom. The molecule has 2 aromatic rings. The van der Waals surface area contributed by atoms with Gasteiger partial charge in [-0.25, -0.2) is 0 Å². The lowest BCUT2D eigenvalue weighted by Crippen LogP contribution is -2.27. The summed E-state index contributed by atoms with van der Waals surface area (Å²) < 4.78 is 0. The van der Waals surface area contributed by atoms with Crippen molar-refractivity contribution in [2.24, 2.45) is 9.98 Å². The van der Waals surface area contributed by atoms with Gasteiger partial charge in [0, 0.05) is 74.2 Å². The molecule has 0 saturated heterocycles. The molecule has 0 aromatic heterocycles. The van der Waals surface area contributed by atoms with Crippen molar-refractivity contribution in [3.8, 4) is 11.5 Å². The third-order valence-electron chi connectivity index (χ3n) is 6.36. The standard InChI is InChI=1S/C26H36N4O2/c1-5-29(3)21-13-11-19(25(31)15-21)17-27-23-9-7-8-10-24(23)28-18-20-12-14-22(16-26(20)32)30(4)6-2/h11-18,23-24,31-32H,5-10H2,1-4H3/t23-,24-/m1/s1. The Kier molecular flexibility index (Phi) is 8.14. The van der Waals surface area contributed by atoms with E-state index in [0.29, 0.717) is 0 Å². The van der Waals surface area contributed by atoms with E-state index >= 15 is 0 Å². The minimum Gasteiger partial charge on any atom is -0.507 e. The van der Waals surface area contributed by atoms with E-state index in [2.05, 4.69) is 23.6 Å². The van der Waals surface area contributed by atoms with Crippen LogP contribution >= 0.6 is 0 Å². The molecule has 1 aliphatic carbocycles. The number of aliphatic imine (C=N–C) groups is 2. The largest absolute Gasteiger partial charge is 0.507 e. The lowest BCUT2D eigenvalue weighted by molar-refractivity contribution is 0.390. The Morgan fingerprint density at radius 2 is 1.19 bits per heavy atom. The van der Waals surface area contributed by atoms with Crippen molar-refractivity contribution in [1.82, 2.24) is 0 Å². The highest BCUT2D eigenvalue weighted by molar-refractivity contribution is 5.85. The van der Waals surface area contributed by atoms with E-state index in [1.165, 1.54) is 0 Å². The maximum Gasteiger partial charge on any atom is 0.126 e. The van der Waals surface area contributed by atoms with Crippen molar-refractivity contribution in [2.45, 2.75) is 51.6 Å². The zero-order chi connectivity index (χ0) is 23.1. The number of aromatic hydroxyl groups is 2. The lowest BCUT2D eigenvalue weighted by Gasteiger charge is -2.25. The number of rotatable bonds is 8. The maximum atomic E-state index is 10.4. The highest BCUT2D eigenvalue weighted by Crippen LogP contribution is 2.27. The average Bonchev–Trinajstić information content (AvgIpc) is 2.81. The van der Waals surface area contributed by atoms with E-state index in [9.17, 15) is 10.2 Å². The van der Waals surface area contributed by atoms with Gasteiger partial charge in [0.25, 0.3) is 0 Å². The zero-order valence-electron chi connectivity index (χ0n) is 19.7. The Morgan fingerprint density at radius 3 is 1.53 bits per heavy atom. The highest BCUT2D eigenvalue weighted by atomic mass is 16.3. The first kappa shape index (κ1) is 23.6. The summed E-state index contributed by atoms with van der Waals surface area (Å²) in [4.78, 5) is 13.7. The smallest absolute Gasteiger partial charge is 0.126 e. The normalized spacial score (nSPS) is 19.0. The van der Waals surface area contributed by atoms with Crippen LogP contribution in [0.4, 0.5) is 11.4 Å². The Labute approximate surface area is 191 Å². The fraction of sp³-hybridized carbons (Fsp3) is 0.462. The summed E-state index contributed by atoms with van der Waals surface area (Å²) in [5, 5.41) is 20.8. The van der Waals surface area contributed by atoms with Crippen LogP contribution in [0.25, 0.3) is 0 Å². The molecule has 1 saturated carbocycles. The lowest BCUT2D eigenvalue weighted by atomic mass is 9.91. The topological polar surface area (TPSA) is 71.7 Å². The van der Waals surface area contributed by atoms with Crippen molar-refractivity contribution in [1.29, 1.82) is 0 Å². The molecule has 2 aromatic carbocycles. The summed E-state index contributed by atoms with van der Waals surface area (Å²) in [7, 11) is 4.00. The van der Waals surface area contributed by atoms with E-state index < -0.39 is 0 Å². The van der Waals surface area contributed by atoms with Crippen LogP contribution in [0.2, 0.25) is 0 Å². The number of phenolic OH excluding ortho intramolecular Hbond substituents is 2. The highest BCUT2D eigenvalue weighted by Gasteiger charge is 2.23. The molecule has 172 valence electrons. The van der Waals surface area contributed by atoms with Gasteiger partial charge in [-0.15, -0.1) is 0 Å². The van der Waals surface area contributed by atoms with Gasteiger partial charge < -0.3 is 20.0 Å². The van der Waals surface area contributed by atoms with Crippen molar-refractivity contribution in [2.75, 3.05) is 37.0 Å². The summed E-state index contributed by atoms with van der Waals surface area (Å²) in [5.41, 5.74) is 3.41. The molecule has 0 radical (unpaired) electrons. The number of hydrogen-bond donors (Lipinski definition) is 2. The number of hydrogen-bond acceptors (Lipinski definition) is 6. The van der Waals surface area contributed by atoms with Crippen LogP contribution in [0.15, 0.2) is 46.4 Å². The van der Waals surface area contributed by atoms with Crippen LogP contribution in [0.5, 0.6) is 11.5 Å². The second kappa shape index (κ2) is 11.0. The molecule has 32 heavy (non-hydrogen) atoms. The van der Waals surface area contributed by atoms with Gasteiger partial charge in [0.2, 0.25) is 0 Å². The monoisotopic (exact) mass is 436 g/mol. The number of anilines is 2. The van der Waals surface area contributed by atoms with E-state index in [1.54, 1.807) is 24.6 Å². The molecule has 2 N–H and O–H groups in total. The molecule has 0 spiro atoms. The fourth-order valence-corrected chi connectivity index (χ4v) is 3.91. The second-order valence-electron chi connectivity index (χ2n) is 8.49. The first-order chi connectivity index (χ1) is 15.4. The molecule has 0 heterocycles. The summed E-state index contributed by atoms with van der Waals surface area (Å²) in [6.07, 6.45) is 7.75. The molecule has 3 rings (SSSR count). The minimum atomic E-state index is 0.0741. The Hall–Kier alpha value is -3.02. The van der Waals surface area contributed by atoms with Crippen LogP contribution in [0.1, 0.15) is 50.7 Å². The SMILES string of the molecule is CCN(C)c1ccc(C=N[C@@H]2CCCC[C@H]2N=Cc2ccc(N(C)CC)cc2O)c(O)c1. The number of nitrogens with zero attached hydrogens (tertiary/aromatic N) is 4. The van der Waals surface area contributed by atoms with Gasteiger partial charge in [-0.05, 0) is 51.0 Å². The molecule has 1 fully saturated rings. The molecule has 1 aliphatic rings. The van der Waals surface area contributed by atoms with E-state index in [1.807, 2.05) is 38.4 Å². The molecule has 6 heteroatoms. The third kappa shape index (κ3) is 5.81. The van der Waals surface area contributed by atoms with Crippen molar-refractivity contribution >= 4 is 23.8 Å². The van der Waals surface area contributed by atoms with E-state index in [4.69, 9.17) is 9.98 Å². The van der Waals surface area contributed by atoms with Gasteiger partial charge >= 0.3 is 0 Å². The van der Waals surface area contributed by atoms with Gasteiger partial charge in [0.15, 0.2) is 0 Å². The van der Waals surface area contributed by atoms with Crippen LogP contribution < -0.4 is 9.80 Å². The summed E-state index contributed by atoms with van der Waals surface area (Å²) >= 11 is 0. The molecule has 0 aliphatic heterocycles. The van der Waals surface area contributed by atoms with Crippen LogP contribution in [0, 0.1) is 0 Å². The summed E-state index contributed by atoms with van der Waals surface area (Å²) in [5.74, 6) is 0.481. The number of benzene rings is 2. The van der Waals surface area contributed by atoms with Gasteiger partial charge in [-0.2, -0.15) is 0 Å². The molecule has 6 nitrogen and oxygen atoms in total. The van der Waals surface area contributed by atoms with Crippen molar-refractivity contribution in [3.63, 3.8) is 0 Å². The van der Waals surface area contributed by atoms with E-state index in [0.717, 1.165) is 61.3 Å². The predicted molar refractivity (Wildman–Crippen MR) is 135 cm³/mol. The van der Waals surface area contributed by atoms with Gasteiger partial charge in [-0.3, -0.25) is 9.98 Å². The first-order valence-electron chi connectivity index (χ1n) is 11.6. The third-order valence-corrected chi connectivity index (χ3v) is 6.36. The average molecular weight is 437 g/mol. The van der Waals surface area contributed by atoms with Gasteiger partial charge in [-0.1, -0.05) is 12.8 Å². The van der Waals surface area contributed by atoms with Crippen LogP contribution in [-0.2, 0) is 0 Å². The molecule has 0 bridgehead atoms. The first-order valence-corrected chi connectivity index (χ1v) is 11.6. The molecular weight excluding hydrogens is 400 g/mol. The zero-order valence-corrected chi connectivity index (χ0v) is 19.7. The van der Waals surface area contributed by atoms with Crippen molar-refractivity contribution in [3.05, 3.63) is 47.5 Å². The number of phenols is 2. The second-order valence-corrected chi connectivity index (χ2v) is 8.49. The summed E-state index contributed by atoms with van der Waals surface area (Å²) in [6.45, 7) is 5.91. The fourth-order valence-electron chi connectivity index (χ4n) is 3.91. The summed E-state index contributed by atoms with van der Waals surface area (Å²) in [6, 6.07) is 11.5. The van der Waals surface area contributed by atoms with Gasteiger partial charge in [0.1, 0.15) is 11.5 Å². The Balaban J connectivity index is 1.72. The molecular formula is C26H36N4O2. The van der Waals surface area contributed by atoms with Gasteiger partial charge in [0.05, 0.1) is 12.1 Å². The quantitative estimate of drug-likeness (QED) is 0.580. The van der Waals surface area contributed by atoms with E-state index in [-0.39, 0.29) is 23.6 Å². The maximum absolute atomic E-state index is 10.4. The molecule has 0 amide bonds. The minimum absolute atomic E-state index is 0.0741. The molecule has 0 unspecified atom stereocenters.